The van der Waals surface area contributed by atoms with Crippen LogP contribution in [0.5, 0.6) is 0 Å². The molecule has 0 aliphatic rings. The van der Waals surface area contributed by atoms with Gasteiger partial charge in [0.05, 0.1) is 6.07 Å². The van der Waals surface area contributed by atoms with Gasteiger partial charge in [-0.25, -0.2) is 0 Å². The van der Waals surface area contributed by atoms with Crippen molar-refractivity contribution in [3.05, 3.63) is 0 Å². The molecule has 0 bridgehead atoms. The lowest BCUT2D eigenvalue weighted by atomic mass is 9.91. The Morgan fingerprint density at radius 2 is 1.83 bits per heavy atom. The highest BCUT2D eigenvalue weighted by atomic mass is 16.5. The van der Waals surface area contributed by atoms with E-state index < -0.39 is 0 Å². The summed E-state index contributed by atoms with van der Waals surface area (Å²) in [7, 11) is 0. The third-order valence-corrected chi connectivity index (χ3v) is 3.17. The van der Waals surface area contributed by atoms with Crippen LogP contribution in [0.4, 0.5) is 0 Å². The summed E-state index contributed by atoms with van der Waals surface area (Å²) >= 11 is 0. The van der Waals surface area contributed by atoms with Gasteiger partial charge in [-0.15, -0.1) is 0 Å². The summed E-state index contributed by atoms with van der Waals surface area (Å²) in [6.07, 6.45) is 6.29. The van der Waals surface area contributed by atoms with Gasteiger partial charge in [-0.2, -0.15) is 5.26 Å². The molecule has 0 amide bonds. The molecule has 3 nitrogen and oxygen atoms in total. The van der Waals surface area contributed by atoms with Crippen molar-refractivity contribution in [2.45, 2.75) is 77.8 Å². The van der Waals surface area contributed by atoms with Crippen LogP contribution < -0.4 is 5.32 Å². The zero-order valence-electron chi connectivity index (χ0n) is 12.6. The fourth-order valence-electron chi connectivity index (χ4n) is 2.10. The highest BCUT2D eigenvalue weighted by Crippen LogP contribution is 2.17. The summed E-state index contributed by atoms with van der Waals surface area (Å²) in [5.41, 5.74) is -0.374. The van der Waals surface area contributed by atoms with E-state index in [0.29, 0.717) is 6.04 Å². The van der Waals surface area contributed by atoms with E-state index in [1.54, 1.807) is 0 Å². The molecule has 0 saturated carbocycles. The number of rotatable bonds is 11. The minimum absolute atomic E-state index is 0.343. The Bertz CT molecular complexity index is 235. The summed E-state index contributed by atoms with van der Waals surface area (Å²) in [4.78, 5) is 0. The van der Waals surface area contributed by atoms with E-state index in [0.717, 1.165) is 38.9 Å². The summed E-state index contributed by atoms with van der Waals surface area (Å²) in [6, 6.07) is 2.78. The first-order chi connectivity index (χ1) is 8.60. The lowest BCUT2D eigenvalue weighted by Crippen LogP contribution is -2.47. The minimum Gasteiger partial charge on any atom is -0.381 e. The van der Waals surface area contributed by atoms with Gasteiger partial charge in [0.25, 0.3) is 0 Å². The van der Waals surface area contributed by atoms with Gasteiger partial charge in [-0.1, -0.05) is 26.7 Å². The Morgan fingerprint density at radius 3 is 2.33 bits per heavy atom. The quantitative estimate of drug-likeness (QED) is 0.572. The van der Waals surface area contributed by atoms with Gasteiger partial charge in [0.2, 0.25) is 0 Å². The van der Waals surface area contributed by atoms with Crippen LogP contribution in [-0.2, 0) is 4.74 Å². The molecule has 0 spiro atoms. The molecule has 0 aromatic carbocycles. The fraction of sp³-hybridized carbons (Fsp3) is 0.933. The monoisotopic (exact) mass is 254 g/mol. The number of nitrogens with zero attached hydrogens (tertiary/aromatic N) is 1. The molecule has 0 saturated heterocycles. The van der Waals surface area contributed by atoms with E-state index in [9.17, 15) is 5.26 Å². The van der Waals surface area contributed by atoms with Crippen molar-refractivity contribution < 1.29 is 4.74 Å². The van der Waals surface area contributed by atoms with Crippen LogP contribution in [0.3, 0.4) is 0 Å². The molecule has 3 heteroatoms. The Morgan fingerprint density at radius 1 is 1.17 bits per heavy atom. The average molecular weight is 254 g/mol. The van der Waals surface area contributed by atoms with Crippen molar-refractivity contribution in [3.8, 4) is 6.07 Å². The number of ether oxygens (including phenoxy) is 1. The summed E-state index contributed by atoms with van der Waals surface area (Å²) in [5.74, 6) is 0. The number of nitriles is 1. The molecule has 18 heavy (non-hydrogen) atoms. The van der Waals surface area contributed by atoms with Crippen molar-refractivity contribution in [2.75, 3.05) is 13.2 Å². The highest BCUT2D eigenvalue weighted by Gasteiger charge is 2.27. The summed E-state index contributed by atoms with van der Waals surface area (Å²) in [6.45, 7) is 10.1. The summed E-state index contributed by atoms with van der Waals surface area (Å²) < 4.78 is 5.59. The van der Waals surface area contributed by atoms with Gasteiger partial charge in [-0.05, 0) is 39.5 Å². The maximum Gasteiger partial charge on any atom is 0.106 e. The second kappa shape index (κ2) is 10.3. The van der Waals surface area contributed by atoms with E-state index >= 15 is 0 Å². The molecule has 0 rings (SSSR count). The SMILES string of the molecule is CCCCCOCCCC(C#N)(CC)NC(C)C. The zero-order valence-corrected chi connectivity index (χ0v) is 12.6. The molecular weight excluding hydrogens is 224 g/mol. The van der Waals surface area contributed by atoms with E-state index in [2.05, 4.69) is 39.1 Å². The molecule has 0 aliphatic heterocycles. The fourth-order valence-corrected chi connectivity index (χ4v) is 2.10. The van der Waals surface area contributed by atoms with Crippen LogP contribution in [0.15, 0.2) is 0 Å². The van der Waals surface area contributed by atoms with Gasteiger partial charge in [0, 0.05) is 19.3 Å². The smallest absolute Gasteiger partial charge is 0.106 e. The molecule has 106 valence electrons. The lowest BCUT2D eigenvalue weighted by Gasteiger charge is -2.29. The standard InChI is InChI=1S/C15H30N2O/c1-5-7-8-11-18-12-9-10-15(6-2,13-16)17-14(3)4/h14,17H,5-12H2,1-4H3. The second-order valence-corrected chi connectivity index (χ2v) is 5.27. The molecule has 1 unspecified atom stereocenters. The molecule has 0 aliphatic carbocycles. The topological polar surface area (TPSA) is 45.0 Å². The van der Waals surface area contributed by atoms with Crippen LogP contribution in [0, 0.1) is 11.3 Å². The van der Waals surface area contributed by atoms with Crippen molar-refractivity contribution in [2.24, 2.45) is 0 Å². The van der Waals surface area contributed by atoms with E-state index in [1.807, 2.05) is 0 Å². The molecule has 0 radical (unpaired) electrons. The van der Waals surface area contributed by atoms with Gasteiger partial charge < -0.3 is 4.74 Å². The van der Waals surface area contributed by atoms with Gasteiger partial charge in [0.15, 0.2) is 0 Å². The number of unbranched alkanes of at least 4 members (excludes halogenated alkanes) is 2. The number of nitrogens with one attached hydrogen (secondary N) is 1. The van der Waals surface area contributed by atoms with Crippen molar-refractivity contribution in [1.82, 2.24) is 5.32 Å². The minimum atomic E-state index is -0.374. The Hall–Kier alpha value is -0.590. The first-order valence-electron chi connectivity index (χ1n) is 7.37. The molecule has 1 N–H and O–H groups in total. The third kappa shape index (κ3) is 7.68. The van der Waals surface area contributed by atoms with Crippen molar-refractivity contribution in [3.63, 3.8) is 0 Å². The van der Waals surface area contributed by atoms with E-state index in [-0.39, 0.29) is 5.54 Å². The highest BCUT2D eigenvalue weighted by molar-refractivity contribution is 5.06. The van der Waals surface area contributed by atoms with Crippen LogP contribution >= 0.6 is 0 Å². The largest absolute Gasteiger partial charge is 0.381 e. The van der Waals surface area contributed by atoms with Gasteiger partial charge in [0.1, 0.15) is 5.54 Å². The lowest BCUT2D eigenvalue weighted by molar-refractivity contribution is 0.121. The number of hydrogen-bond acceptors (Lipinski definition) is 3. The number of hydrogen-bond donors (Lipinski definition) is 1. The maximum atomic E-state index is 9.34. The normalized spacial score (nSPS) is 14.4. The molecule has 0 fully saturated rings. The zero-order chi connectivity index (χ0) is 13.9. The predicted molar refractivity (Wildman–Crippen MR) is 76.5 cm³/mol. The van der Waals surface area contributed by atoms with Crippen LogP contribution in [0.1, 0.15) is 66.2 Å². The first-order valence-corrected chi connectivity index (χ1v) is 7.37. The van der Waals surface area contributed by atoms with Crippen LogP contribution in [0.2, 0.25) is 0 Å². The van der Waals surface area contributed by atoms with Crippen molar-refractivity contribution in [1.29, 1.82) is 5.26 Å². The van der Waals surface area contributed by atoms with Crippen LogP contribution in [-0.4, -0.2) is 24.8 Å². The first kappa shape index (κ1) is 17.4. The van der Waals surface area contributed by atoms with Gasteiger partial charge >= 0.3 is 0 Å². The second-order valence-electron chi connectivity index (χ2n) is 5.27. The van der Waals surface area contributed by atoms with E-state index in [1.165, 1.54) is 12.8 Å². The molecule has 0 aromatic heterocycles. The van der Waals surface area contributed by atoms with Gasteiger partial charge in [-0.3, -0.25) is 5.32 Å². The average Bonchev–Trinajstić information content (AvgIpc) is 2.36. The Balaban J connectivity index is 3.81. The third-order valence-electron chi connectivity index (χ3n) is 3.17. The molecular formula is C15H30N2O. The maximum absolute atomic E-state index is 9.34. The molecule has 0 aromatic rings. The summed E-state index contributed by atoms with van der Waals surface area (Å²) in [5, 5.41) is 12.7. The van der Waals surface area contributed by atoms with Crippen molar-refractivity contribution >= 4 is 0 Å². The van der Waals surface area contributed by atoms with Crippen LogP contribution in [0.25, 0.3) is 0 Å². The predicted octanol–water partition coefficient (Wildman–Crippen LogP) is 3.64. The Kier molecular flexibility index (Phi) is 10.0. The van der Waals surface area contributed by atoms with E-state index in [4.69, 9.17) is 4.74 Å². The molecule has 0 heterocycles. The molecule has 1 atom stereocenters. The Labute approximate surface area is 113 Å².